The van der Waals surface area contributed by atoms with Crippen LogP contribution in [0.15, 0.2) is 42.5 Å². The highest BCUT2D eigenvalue weighted by atomic mass is 35.5. The SMILES string of the molecule is C[C@@H](Oc1ccc(F)c(Cl)c1)C(=O)Nc1ccc(C(N)=O)cc1. The maximum absolute atomic E-state index is 13.1. The first kappa shape index (κ1) is 16.8. The van der Waals surface area contributed by atoms with Crippen LogP contribution >= 0.6 is 11.6 Å². The summed E-state index contributed by atoms with van der Waals surface area (Å²) in [4.78, 5) is 23.0. The number of hydrogen-bond donors (Lipinski definition) is 2. The van der Waals surface area contributed by atoms with Crippen LogP contribution in [0, 0.1) is 5.82 Å². The van der Waals surface area contributed by atoms with Crippen LogP contribution in [-0.4, -0.2) is 17.9 Å². The van der Waals surface area contributed by atoms with E-state index in [9.17, 15) is 14.0 Å². The van der Waals surface area contributed by atoms with Crippen molar-refractivity contribution in [2.24, 2.45) is 5.73 Å². The molecule has 5 nitrogen and oxygen atoms in total. The molecule has 0 saturated heterocycles. The number of nitrogens with two attached hydrogens (primary N) is 1. The summed E-state index contributed by atoms with van der Waals surface area (Å²) in [6, 6.07) is 9.95. The third-order valence-corrected chi connectivity index (χ3v) is 3.30. The van der Waals surface area contributed by atoms with Crippen LogP contribution in [0.25, 0.3) is 0 Å². The van der Waals surface area contributed by atoms with E-state index in [1.807, 2.05) is 0 Å². The predicted molar refractivity (Wildman–Crippen MR) is 85.1 cm³/mol. The van der Waals surface area contributed by atoms with Gasteiger partial charge in [-0.2, -0.15) is 0 Å². The molecule has 1 atom stereocenters. The second kappa shape index (κ2) is 7.11. The van der Waals surface area contributed by atoms with Crippen molar-refractivity contribution >= 4 is 29.1 Å². The molecule has 120 valence electrons. The van der Waals surface area contributed by atoms with Crippen molar-refractivity contribution < 1.29 is 18.7 Å². The number of anilines is 1. The number of benzene rings is 2. The molecule has 7 heteroatoms. The van der Waals surface area contributed by atoms with Gasteiger partial charge in [0.2, 0.25) is 5.91 Å². The van der Waals surface area contributed by atoms with Crippen molar-refractivity contribution in [1.82, 2.24) is 0 Å². The number of nitrogens with one attached hydrogen (secondary N) is 1. The Morgan fingerprint density at radius 3 is 2.43 bits per heavy atom. The van der Waals surface area contributed by atoms with E-state index in [1.165, 1.54) is 24.3 Å². The molecule has 0 spiro atoms. The molecule has 0 aliphatic carbocycles. The minimum Gasteiger partial charge on any atom is -0.481 e. The Labute approximate surface area is 137 Å². The van der Waals surface area contributed by atoms with Crippen molar-refractivity contribution in [3.63, 3.8) is 0 Å². The second-order valence-corrected chi connectivity index (χ2v) is 5.17. The third kappa shape index (κ3) is 4.43. The van der Waals surface area contributed by atoms with Crippen LogP contribution in [0.3, 0.4) is 0 Å². The minimum absolute atomic E-state index is 0.0860. The maximum Gasteiger partial charge on any atom is 0.265 e. The highest BCUT2D eigenvalue weighted by Gasteiger charge is 2.15. The lowest BCUT2D eigenvalue weighted by Crippen LogP contribution is -2.30. The smallest absolute Gasteiger partial charge is 0.265 e. The Balaban J connectivity index is 1.99. The number of carbonyl (C=O) groups excluding carboxylic acids is 2. The number of rotatable bonds is 5. The van der Waals surface area contributed by atoms with Crippen LogP contribution in [0.5, 0.6) is 5.75 Å². The number of carbonyl (C=O) groups is 2. The summed E-state index contributed by atoms with van der Waals surface area (Å²) < 4.78 is 18.5. The average molecular weight is 337 g/mol. The van der Waals surface area contributed by atoms with Crippen molar-refractivity contribution in [2.75, 3.05) is 5.32 Å². The molecule has 0 aliphatic rings. The lowest BCUT2D eigenvalue weighted by molar-refractivity contribution is -0.122. The number of ether oxygens (including phenoxy) is 1. The van der Waals surface area contributed by atoms with E-state index in [0.717, 1.165) is 6.07 Å². The topological polar surface area (TPSA) is 81.4 Å². The fourth-order valence-electron chi connectivity index (χ4n) is 1.77. The van der Waals surface area contributed by atoms with Crippen molar-refractivity contribution in [3.8, 4) is 5.75 Å². The van der Waals surface area contributed by atoms with Gasteiger partial charge in [0.15, 0.2) is 6.10 Å². The lowest BCUT2D eigenvalue weighted by Gasteiger charge is -2.15. The molecule has 0 fully saturated rings. The molecule has 3 N–H and O–H groups in total. The molecule has 2 rings (SSSR count). The van der Waals surface area contributed by atoms with Crippen LogP contribution in [0.4, 0.5) is 10.1 Å². The molecular weight excluding hydrogens is 323 g/mol. The molecule has 0 radical (unpaired) electrons. The highest BCUT2D eigenvalue weighted by molar-refractivity contribution is 6.30. The van der Waals surface area contributed by atoms with Gasteiger partial charge in [-0.15, -0.1) is 0 Å². The van der Waals surface area contributed by atoms with Crippen LogP contribution in [0.2, 0.25) is 5.02 Å². The Morgan fingerprint density at radius 2 is 1.87 bits per heavy atom. The Kier molecular flexibility index (Phi) is 5.18. The van der Waals surface area contributed by atoms with E-state index in [2.05, 4.69) is 5.32 Å². The fourth-order valence-corrected chi connectivity index (χ4v) is 1.94. The van der Waals surface area contributed by atoms with E-state index in [-0.39, 0.29) is 10.8 Å². The largest absolute Gasteiger partial charge is 0.481 e. The summed E-state index contributed by atoms with van der Waals surface area (Å²) in [5, 5.41) is 2.54. The molecule has 2 aromatic rings. The van der Waals surface area contributed by atoms with Gasteiger partial charge in [0.1, 0.15) is 11.6 Å². The first-order chi connectivity index (χ1) is 10.9. The predicted octanol–water partition coefficient (Wildman–Crippen LogP) is 2.98. The summed E-state index contributed by atoms with van der Waals surface area (Å²) in [5.41, 5.74) is 5.97. The summed E-state index contributed by atoms with van der Waals surface area (Å²) in [7, 11) is 0. The van der Waals surface area contributed by atoms with E-state index in [1.54, 1.807) is 19.1 Å². The zero-order valence-corrected chi connectivity index (χ0v) is 12.9. The zero-order valence-electron chi connectivity index (χ0n) is 12.2. The number of amides is 2. The van der Waals surface area contributed by atoms with E-state index in [4.69, 9.17) is 22.1 Å². The first-order valence-electron chi connectivity index (χ1n) is 6.69. The summed E-state index contributed by atoms with van der Waals surface area (Å²) in [6.45, 7) is 1.55. The minimum atomic E-state index is -0.827. The van der Waals surface area contributed by atoms with Crippen molar-refractivity contribution in [1.29, 1.82) is 0 Å². The van der Waals surface area contributed by atoms with E-state index >= 15 is 0 Å². The molecule has 0 heterocycles. The average Bonchev–Trinajstić information content (AvgIpc) is 2.51. The van der Waals surface area contributed by atoms with E-state index in [0.29, 0.717) is 11.3 Å². The molecule has 2 amide bonds. The fraction of sp³-hybridized carbons (Fsp3) is 0.125. The molecule has 0 aliphatic heterocycles. The van der Waals surface area contributed by atoms with Gasteiger partial charge in [0.25, 0.3) is 5.91 Å². The quantitative estimate of drug-likeness (QED) is 0.880. The molecule has 0 bridgehead atoms. The van der Waals surface area contributed by atoms with Gasteiger partial charge >= 0.3 is 0 Å². The van der Waals surface area contributed by atoms with Gasteiger partial charge < -0.3 is 15.8 Å². The molecular formula is C16H14ClFN2O3. The van der Waals surface area contributed by atoms with Gasteiger partial charge in [0.05, 0.1) is 5.02 Å². The second-order valence-electron chi connectivity index (χ2n) is 4.77. The van der Waals surface area contributed by atoms with Gasteiger partial charge in [-0.3, -0.25) is 9.59 Å². The van der Waals surface area contributed by atoms with Gasteiger partial charge in [-0.05, 0) is 43.3 Å². The number of primary amides is 1. The summed E-state index contributed by atoms with van der Waals surface area (Å²) >= 11 is 5.65. The zero-order chi connectivity index (χ0) is 17.0. The Morgan fingerprint density at radius 1 is 1.22 bits per heavy atom. The number of hydrogen-bond acceptors (Lipinski definition) is 3. The van der Waals surface area contributed by atoms with Crippen LogP contribution in [-0.2, 0) is 4.79 Å². The Bertz CT molecular complexity index is 735. The third-order valence-electron chi connectivity index (χ3n) is 3.01. The van der Waals surface area contributed by atoms with Crippen molar-refractivity contribution in [2.45, 2.75) is 13.0 Å². The molecule has 0 saturated carbocycles. The van der Waals surface area contributed by atoms with Gasteiger partial charge in [-0.1, -0.05) is 11.6 Å². The first-order valence-corrected chi connectivity index (χ1v) is 7.07. The van der Waals surface area contributed by atoms with Gasteiger partial charge in [0, 0.05) is 17.3 Å². The molecule has 2 aromatic carbocycles. The van der Waals surface area contributed by atoms with E-state index < -0.39 is 23.7 Å². The summed E-state index contributed by atoms with van der Waals surface area (Å²) in [5.74, 6) is -1.24. The maximum atomic E-state index is 13.1. The molecule has 0 unspecified atom stereocenters. The van der Waals surface area contributed by atoms with Crippen LogP contribution < -0.4 is 15.8 Å². The molecule has 0 aromatic heterocycles. The van der Waals surface area contributed by atoms with Crippen molar-refractivity contribution in [3.05, 3.63) is 58.9 Å². The number of halogens is 2. The molecule has 23 heavy (non-hydrogen) atoms. The lowest BCUT2D eigenvalue weighted by atomic mass is 10.2. The Hall–Kier alpha value is -2.60. The highest BCUT2D eigenvalue weighted by Crippen LogP contribution is 2.22. The summed E-state index contributed by atoms with van der Waals surface area (Å²) in [6.07, 6.45) is -0.827. The monoisotopic (exact) mass is 336 g/mol. The standard InChI is InChI=1S/C16H14ClFN2O3/c1-9(23-12-6-7-14(18)13(17)8-12)16(22)20-11-4-2-10(3-5-11)15(19)21/h2-9H,1H3,(H2,19,21)(H,20,22)/t9-/m1/s1. The van der Waals surface area contributed by atoms with Gasteiger partial charge in [-0.25, -0.2) is 4.39 Å². The normalized spacial score (nSPS) is 11.6. The van der Waals surface area contributed by atoms with Crippen LogP contribution in [0.1, 0.15) is 17.3 Å².